The number of carbonyl (C=O) groups is 1. The van der Waals surface area contributed by atoms with Crippen LogP contribution in [0.5, 0.6) is 0 Å². The molecule has 30 heavy (non-hydrogen) atoms. The number of carbonyl (C=O) groups excluding carboxylic acids is 1. The van der Waals surface area contributed by atoms with E-state index < -0.39 is 0 Å². The summed E-state index contributed by atoms with van der Waals surface area (Å²) < 4.78 is 5.90. The van der Waals surface area contributed by atoms with Gasteiger partial charge >= 0.3 is 0 Å². The summed E-state index contributed by atoms with van der Waals surface area (Å²) in [5.41, 5.74) is 3.11. The fourth-order valence-corrected chi connectivity index (χ4v) is 2.76. The third kappa shape index (κ3) is 8.25. The molecule has 1 atom stereocenters. The summed E-state index contributed by atoms with van der Waals surface area (Å²) in [6.07, 6.45) is 0.985. The molecule has 0 aliphatic rings. The van der Waals surface area contributed by atoms with Crippen LogP contribution >= 0.6 is 0 Å². The van der Waals surface area contributed by atoms with Crippen LogP contribution in [0.4, 0.5) is 5.69 Å². The van der Waals surface area contributed by atoms with Crippen molar-refractivity contribution in [1.29, 1.82) is 0 Å². The molecular weight excluding hydrogens is 376 g/mol. The Morgan fingerprint density at radius 1 is 1.00 bits per heavy atom. The van der Waals surface area contributed by atoms with Crippen LogP contribution in [0.25, 0.3) is 0 Å². The van der Waals surface area contributed by atoms with Crippen molar-refractivity contribution in [1.82, 2.24) is 10.6 Å². The van der Waals surface area contributed by atoms with E-state index in [0.717, 1.165) is 30.2 Å². The van der Waals surface area contributed by atoms with Crippen molar-refractivity contribution in [3.63, 3.8) is 0 Å². The van der Waals surface area contributed by atoms with Crippen molar-refractivity contribution in [2.45, 2.75) is 39.8 Å². The summed E-state index contributed by atoms with van der Waals surface area (Å²) in [5.74, 6) is 0.739. The number of rotatable bonds is 10. The number of aliphatic imine (C=N–C) groups is 1. The van der Waals surface area contributed by atoms with E-state index in [1.807, 2.05) is 56.3 Å². The minimum Gasteiger partial charge on any atom is -0.374 e. The summed E-state index contributed by atoms with van der Waals surface area (Å²) in [5, 5.41) is 9.50. The molecule has 0 saturated carbocycles. The number of nitrogens with one attached hydrogen (secondary N) is 3. The Bertz CT molecular complexity index is 789. The number of hydrogen-bond donors (Lipinski definition) is 3. The van der Waals surface area contributed by atoms with E-state index in [9.17, 15) is 4.79 Å². The second-order valence-corrected chi connectivity index (χ2v) is 7.47. The van der Waals surface area contributed by atoms with Gasteiger partial charge in [0.05, 0.1) is 6.10 Å². The van der Waals surface area contributed by atoms with E-state index in [1.165, 1.54) is 5.56 Å². The van der Waals surface area contributed by atoms with E-state index in [-0.39, 0.29) is 17.9 Å². The molecule has 0 aliphatic heterocycles. The molecule has 2 aromatic carbocycles. The molecule has 162 valence electrons. The molecule has 6 heteroatoms. The zero-order valence-corrected chi connectivity index (χ0v) is 18.4. The Morgan fingerprint density at radius 3 is 2.33 bits per heavy atom. The van der Waals surface area contributed by atoms with Gasteiger partial charge in [0, 0.05) is 38.3 Å². The Kier molecular flexibility index (Phi) is 9.87. The largest absolute Gasteiger partial charge is 0.374 e. The zero-order valence-electron chi connectivity index (χ0n) is 18.4. The fraction of sp³-hybridized carbons (Fsp3) is 0.417. The Labute approximate surface area is 180 Å². The lowest BCUT2D eigenvalue weighted by atomic mass is 10.1. The topological polar surface area (TPSA) is 74.8 Å². The SMILES string of the molecule is CN=C(NCCCOC(C)c1ccccc1)NCc1ccc(NC(=O)C(C)C)cc1. The van der Waals surface area contributed by atoms with Crippen LogP contribution in [0, 0.1) is 5.92 Å². The number of ether oxygens (including phenoxy) is 1. The minimum absolute atomic E-state index is 0.0209. The van der Waals surface area contributed by atoms with Crippen molar-refractivity contribution >= 4 is 17.6 Å². The van der Waals surface area contributed by atoms with Crippen LogP contribution in [0.15, 0.2) is 59.6 Å². The normalized spacial score (nSPS) is 12.5. The Balaban J connectivity index is 1.65. The highest BCUT2D eigenvalue weighted by Crippen LogP contribution is 2.15. The Hall–Kier alpha value is -2.86. The van der Waals surface area contributed by atoms with Gasteiger partial charge in [-0.2, -0.15) is 0 Å². The predicted molar refractivity (Wildman–Crippen MR) is 124 cm³/mol. The van der Waals surface area contributed by atoms with Gasteiger partial charge in [0.15, 0.2) is 5.96 Å². The second-order valence-electron chi connectivity index (χ2n) is 7.47. The second kappa shape index (κ2) is 12.6. The molecule has 0 radical (unpaired) electrons. The van der Waals surface area contributed by atoms with Gasteiger partial charge in [0.2, 0.25) is 5.91 Å². The maximum atomic E-state index is 11.8. The number of benzene rings is 2. The van der Waals surface area contributed by atoms with Crippen molar-refractivity contribution in [3.8, 4) is 0 Å². The van der Waals surface area contributed by atoms with Gasteiger partial charge in [-0.25, -0.2) is 0 Å². The molecule has 0 aliphatic carbocycles. The van der Waals surface area contributed by atoms with Gasteiger partial charge in [-0.3, -0.25) is 9.79 Å². The lowest BCUT2D eigenvalue weighted by Crippen LogP contribution is -2.37. The van der Waals surface area contributed by atoms with Gasteiger partial charge in [-0.1, -0.05) is 56.3 Å². The molecular formula is C24H34N4O2. The molecule has 3 N–H and O–H groups in total. The summed E-state index contributed by atoms with van der Waals surface area (Å²) in [6.45, 7) is 7.94. The number of hydrogen-bond acceptors (Lipinski definition) is 3. The van der Waals surface area contributed by atoms with E-state index >= 15 is 0 Å². The molecule has 0 saturated heterocycles. The van der Waals surface area contributed by atoms with E-state index in [4.69, 9.17) is 4.74 Å². The molecule has 1 amide bonds. The predicted octanol–water partition coefficient (Wildman–Crippen LogP) is 4.11. The third-order valence-electron chi connectivity index (χ3n) is 4.68. The lowest BCUT2D eigenvalue weighted by Gasteiger charge is -2.15. The highest BCUT2D eigenvalue weighted by Gasteiger charge is 2.07. The van der Waals surface area contributed by atoms with Crippen molar-refractivity contribution in [3.05, 3.63) is 65.7 Å². The minimum atomic E-state index is -0.0345. The van der Waals surface area contributed by atoms with E-state index in [0.29, 0.717) is 13.2 Å². The molecule has 6 nitrogen and oxygen atoms in total. The third-order valence-corrected chi connectivity index (χ3v) is 4.68. The summed E-state index contributed by atoms with van der Waals surface area (Å²) in [6, 6.07) is 18.1. The lowest BCUT2D eigenvalue weighted by molar-refractivity contribution is -0.118. The van der Waals surface area contributed by atoms with Gasteiger partial charge in [-0.15, -0.1) is 0 Å². The summed E-state index contributed by atoms with van der Waals surface area (Å²) in [4.78, 5) is 16.0. The molecule has 1 unspecified atom stereocenters. The van der Waals surface area contributed by atoms with Gasteiger partial charge in [0.25, 0.3) is 0 Å². The standard InChI is InChI=1S/C24H34N4O2/c1-18(2)23(29)28-22-13-11-20(12-14-22)17-27-24(25-4)26-15-8-16-30-19(3)21-9-6-5-7-10-21/h5-7,9-14,18-19H,8,15-17H2,1-4H3,(H,28,29)(H2,25,26,27). The van der Waals surface area contributed by atoms with Gasteiger partial charge < -0.3 is 20.7 Å². The first-order valence-electron chi connectivity index (χ1n) is 10.5. The summed E-state index contributed by atoms with van der Waals surface area (Å²) >= 11 is 0. The molecule has 2 aromatic rings. The fourth-order valence-electron chi connectivity index (χ4n) is 2.76. The maximum Gasteiger partial charge on any atom is 0.226 e. The Morgan fingerprint density at radius 2 is 1.70 bits per heavy atom. The number of amides is 1. The van der Waals surface area contributed by atoms with Crippen LogP contribution < -0.4 is 16.0 Å². The van der Waals surface area contributed by atoms with E-state index in [1.54, 1.807) is 7.05 Å². The van der Waals surface area contributed by atoms with Crippen LogP contribution in [-0.4, -0.2) is 32.1 Å². The highest BCUT2D eigenvalue weighted by atomic mass is 16.5. The smallest absolute Gasteiger partial charge is 0.226 e. The van der Waals surface area contributed by atoms with Gasteiger partial charge in [-0.05, 0) is 36.6 Å². The average Bonchev–Trinajstić information content (AvgIpc) is 2.77. The zero-order chi connectivity index (χ0) is 21.8. The first-order chi connectivity index (χ1) is 14.5. The number of nitrogens with zero attached hydrogens (tertiary/aromatic N) is 1. The van der Waals surface area contributed by atoms with Gasteiger partial charge in [0.1, 0.15) is 0 Å². The molecule has 0 heterocycles. The number of guanidine groups is 1. The quantitative estimate of drug-likeness (QED) is 0.313. The van der Waals surface area contributed by atoms with Crippen LogP contribution in [0.3, 0.4) is 0 Å². The van der Waals surface area contributed by atoms with Crippen molar-refractivity contribution in [2.75, 3.05) is 25.5 Å². The highest BCUT2D eigenvalue weighted by molar-refractivity contribution is 5.92. The van der Waals surface area contributed by atoms with E-state index in [2.05, 4.69) is 40.0 Å². The number of anilines is 1. The van der Waals surface area contributed by atoms with Crippen molar-refractivity contribution < 1.29 is 9.53 Å². The van der Waals surface area contributed by atoms with Crippen molar-refractivity contribution in [2.24, 2.45) is 10.9 Å². The van der Waals surface area contributed by atoms with Crippen LogP contribution in [0.1, 0.15) is 44.4 Å². The molecule has 2 rings (SSSR count). The molecule has 0 fully saturated rings. The first-order valence-corrected chi connectivity index (χ1v) is 10.5. The first kappa shape index (κ1) is 23.4. The summed E-state index contributed by atoms with van der Waals surface area (Å²) in [7, 11) is 1.76. The monoisotopic (exact) mass is 410 g/mol. The molecule has 0 bridgehead atoms. The maximum absolute atomic E-state index is 11.8. The van der Waals surface area contributed by atoms with Crippen LogP contribution in [-0.2, 0) is 16.1 Å². The molecule has 0 aromatic heterocycles. The molecule has 0 spiro atoms. The average molecular weight is 411 g/mol. The van der Waals surface area contributed by atoms with Crippen LogP contribution in [0.2, 0.25) is 0 Å².